The lowest BCUT2D eigenvalue weighted by Gasteiger charge is -2.38. The van der Waals surface area contributed by atoms with Gasteiger partial charge in [-0.1, -0.05) is 31.2 Å². The number of amides is 2. The largest absolute Gasteiger partial charge is 0.488 e. The van der Waals surface area contributed by atoms with Crippen molar-refractivity contribution in [1.82, 2.24) is 19.2 Å². The highest BCUT2D eigenvalue weighted by Gasteiger charge is 2.46. The summed E-state index contributed by atoms with van der Waals surface area (Å²) in [5, 5.41) is 3.61. The Labute approximate surface area is 247 Å². The lowest BCUT2D eigenvalue weighted by Crippen LogP contribution is -2.45. The fourth-order valence-electron chi connectivity index (χ4n) is 6.39. The number of rotatable bonds is 11. The van der Waals surface area contributed by atoms with Crippen LogP contribution in [-0.4, -0.2) is 66.4 Å². The molecule has 2 N–H and O–H groups in total. The number of benzene rings is 1. The predicted molar refractivity (Wildman–Crippen MR) is 163 cm³/mol. The minimum Gasteiger partial charge on any atom is -0.488 e. The zero-order valence-corrected chi connectivity index (χ0v) is 25.1. The lowest BCUT2D eigenvalue weighted by atomic mass is 9.74. The maximum atomic E-state index is 15.3. The van der Waals surface area contributed by atoms with Crippen molar-refractivity contribution in [3.8, 4) is 5.75 Å². The zero-order chi connectivity index (χ0) is 29.0. The molecule has 0 radical (unpaired) electrons. The van der Waals surface area contributed by atoms with Gasteiger partial charge in [-0.15, -0.1) is 0 Å². The van der Waals surface area contributed by atoms with E-state index >= 15 is 4.39 Å². The number of hydrogen-bond acceptors (Lipinski definition) is 6. The molecule has 2 saturated heterocycles. The average molecular weight is 583 g/mol. The van der Waals surface area contributed by atoms with Gasteiger partial charge in [0.1, 0.15) is 17.7 Å². The van der Waals surface area contributed by atoms with Crippen LogP contribution in [0.15, 0.2) is 48.3 Å². The lowest BCUT2D eigenvalue weighted by molar-refractivity contribution is -0.134. The monoisotopic (exact) mass is 582 g/mol. The summed E-state index contributed by atoms with van der Waals surface area (Å²) in [5.41, 5.74) is 2.32. The number of carbonyl (C=O) groups is 2. The highest BCUT2D eigenvalue weighted by molar-refractivity contribution is 7.95. The van der Waals surface area contributed by atoms with E-state index in [-0.39, 0.29) is 47.5 Å². The first-order chi connectivity index (χ1) is 19.8. The summed E-state index contributed by atoms with van der Waals surface area (Å²) < 4.78 is 26.5. The van der Waals surface area contributed by atoms with Gasteiger partial charge in [0.05, 0.1) is 18.9 Å². The molecule has 0 aromatic heterocycles. The number of hydrogen-bond donors (Lipinski definition) is 2. The second kappa shape index (κ2) is 13.1. The first-order valence-corrected chi connectivity index (χ1v) is 15.7. The third-order valence-corrected chi connectivity index (χ3v) is 9.69. The third kappa shape index (κ3) is 7.07. The van der Waals surface area contributed by atoms with Crippen molar-refractivity contribution in [2.45, 2.75) is 69.4 Å². The summed E-state index contributed by atoms with van der Waals surface area (Å²) in [4.78, 5) is 28.1. The Morgan fingerprint density at radius 1 is 1.24 bits per heavy atom. The van der Waals surface area contributed by atoms with E-state index in [0.29, 0.717) is 24.4 Å². The van der Waals surface area contributed by atoms with Crippen LogP contribution in [-0.2, 0) is 16.0 Å². The molecule has 1 aromatic carbocycles. The minimum atomic E-state index is -0.301. The van der Waals surface area contributed by atoms with Crippen LogP contribution >= 0.6 is 12.1 Å². The quantitative estimate of drug-likeness (QED) is 0.276. The van der Waals surface area contributed by atoms with Gasteiger partial charge in [0.15, 0.2) is 0 Å². The summed E-state index contributed by atoms with van der Waals surface area (Å²) in [6.45, 7) is 5.65. The number of halogens is 1. The normalized spacial score (nSPS) is 24.3. The van der Waals surface area contributed by atoms with Gasteiger partial charge in [-0.3, -0.25) is 14.3 Å². The molecule has 2 amide bonds. The molecule has 0 bridgehead atoms. The summed E-state index contributed by atoms with van der Waals surface area (Å²) in [6.07, 6.45) is 12.9. The van der Waals surface area contributed by atoms with Crippen LogP contribution in [0.1, 0.15) is 62.5 Å². The molecule has 2 aliphatic carbocycles. The van der Waals surface area contributed by atoms with E-state index < -0.39 is 0 Å². The van der Waals surface area contributed by atoms with Crippen LogP contribution in [0.5, 0.6) is 5.75 Å². The van der Waals surface area contributed by atoms with Crippen LogP contribution < -0.4 is 14.8 Å². The van der Waals surface area contributed by atoms with Gasteiger partial charge < -0.3 is 15.0 Å². The molecule has 1 spiro atoms. The van der Waals surface area contributed by atoms with Gasteiger partial charge >= 0.3 is 0 Å². The van der Waals surface area contributed by atoms with Crippen molar-refractivity contribution in [1.29, 1.82) is 0 Å². The molecule has 2 saturated carbocycles. The molecule has 41 heavy (non-hydrogen) atoms. The van der Waals surface area contributed by atoms with Crippen molar-refractivity contribution in [3.05, 3.63) is 59.5 Å². The van der Waals surface area contributed by atoms with E-state index in [4.69, 9.17) is 4.74 Å². The van der Waals surface area contributed by atoms with E-state index in [0.717, 1.165) is 49.8 Å². The second-order valence-corrected chi connectivity index (χ2v) is 13.3. The Kier molecular flexibility index (Phi) is 9.56. The summed E-state index contributed by atoms with van der Waals surface area (Å²) in [7, 11) is 3.72. The fraction of sp³-hybridized carbons (Fsp3) is 0.562. The number of nitrogens with zero attached hydrogens (tertiary/aromatic N) is 2. The topological polar surface area (TPSA) is 73.9 Å². The molecule has 2 heterocycles. The smallest absolute Gasteiger partial charge is 0.235 e. The molecule has 4 aliphatic rings. The maximum absolute atomic E-state index is 15.3. The number of nitrogens with one attached hydrogen (secondary N) is 2. The average Bonchev–Trinajstić information content (AvgIpc) is 3.55. The number of ether oxygens (including phenoxy) is 1. The molecule has 5 rings (SSSR count). The van der Waals surface area contributed by atoms with Gasteiger partial charge in [-0.25, -0.2) is 8.70 Å². The van der Waals surface area contributed by atoms with Crippen molar-refractivity contribution in [2.75, 3.05) is 33.7 Å². The second-order valence-electron chi connectivity index (χ2n) is 12.1. The van der Waals surface area contributed by atoms with E-state index in [1.165, 1.54) is 43.5 Å². The summed E-state index contributed by atoms with van der Waals surface area (Å²) in [6, 6.07) is 5.68. The summed E-state index contributed by atoms with van der Waals surface area (Å²) >= 11 is 1.22. The molecule has 9 heteroatoms. The molecular formula is C32H43FN4O3S. The Hall–Kier alpha value is -2.62. The van der Waals surface area contributed by atoms with Crippen molar-refractivity contribution >= 4 is 30.0 Å². The fourth-order valence-corrected chi connectivity index (χ4v) is 6.75. The molecule has 7 nitrogen and oxygen atoms in total. The van der Waals surface area contributed by atoms with Crippen molar-refractivity contribution in [2.24, 2.45) is 11.8 Å². The molecule has 2 atom stereocenters. The Balaban J connectivity index is 1.35. The third-order valence-electron chi connectivity index (χ3n) is 9.01. The van der Waals surface area contributed by atoms with Gasteiger partial charge in [-0.05, 0) is 87.9 Å². The minimum absolute atomic E-state index is 0.0408. The van der Waals surface area contributed by atoms with Gasteiger partial charge in [-0.2, -0.15) is 0 Å². The molecular weight excluding hydrogens is 539 g/mol. The van der Waals surface area contributed by atoms with E-state index in [1.807, 2.05) is 47.6 Å². The molecule has 2 aliphatic heterocycles. The van der Waals surface area contributed by atoms with Crippen LogP contribution in [0.4, 0.5) is 4.39 Å². The Morgan fingerprint density at radius 3 is 2.68 bits per heavy atom. The maximum Gasteiger partial charge on any atom is 0.235 e. The van der Waals surface area contributed by atoms with E-state index in [2.05, 4.69) is 16.6 Å². The number of carbonyl (C=O) groups excluding carboxylic acids is 2. The highest BCUT2D eigenvalue weighted by Crippen LogP contribution is 2.42. The van der Waals surface area contributed by atoms with Crippen LogP contribution in [0, 0.1) is 11.8 Å². The number of allylic oxidation sites excluding steroid dienone is 4. The number of likely N-dealkylation sites (tertiary alicyclic amines) is 1. The first-order valence-electron chi connectivity index (χ1n) is 14.9. The van der Waals surface area contributed by atoms with Gasteiger partial charge in [0.25, 0.3) is 0 Å². The Morgan fingerprint density at radius 2 is 2.05 bits per heavy atom. The van der Waals surface area contributed by atoms with Crippen LogP contribution in [0.3, 0.4) is 0 Å². The van der Waals surface area contributed by atoms with E-state index in [9.17, 15) is 9.59 Å². The predicted octanol–water partition coefficient (Wildman–Crippen LogP) is 5.20. The van der Waals surface area contributed by atoms with Crippen LogP contribution in [0.2, 0.25) is 0 Å². The SMILES string of the molecule is C=C/C=C(F)\C(=C\c1c(CC(=O)NSN(C)C)cccc1OC1CCN(C(=O)C2CNC3(CCC3)C2)C1)C1CCC1. The Bertz CT molecular complexity index is 1210. The van der Waals surface area contributed by atoms with Gasteiger partial charge in [0, 0.05) is 42.7 Å². The highest BCUT2D eigenvalue weighted by atomic mass is 32.2. The first kappa shape index (κ1) is 29.9. The van der Waals surface area contributed by atoms with Crippen LogP contribution in [0.25, 0.3) is 6.08 Å². The molecule has 4 fully saturated rings. The zero-order valence-electron chi connectivity index (χ0n) is 24.3. The van der Waals surface area contributed by atoms with Gasteiger partial charge in [0.2, 0.25) is 11.8 Å². The molecule has 1 aromatic rings. The van der Waals surface area contributed by atoms with E-state index in [1.54, 1.807) is 0 Å². The van der Waals surface area contributed by atoms with Crippen molar-refractivity contribution in [3.63, 3.8) is 0 Å². The molecule has 2 unspecified atom stereocenters. The van der Waals surface area contributed by atoms with Crippen molar-refractivity contribution < 1.29 is 18.7 Å². The molecule has 222 valence electrons. The standard InChI is InChI=1S/C32H43FN4O3S/c1-4-8-28(33)26(22-9-5-10-22)18-27-23(17-30(38)35-41-36(2)3)11-6-12-29(27)40-25-13-16-37(21-25)31(39)24-19-32(34-20-24)14-7-15-32/h4,6,8,11-12,18,22,24-25,34H,1,5,7,9-10,13-17,19-21H2,2-3H3,(H,35,38)/b26-18+,28-8+. The summed E-state index contributed by atoms with van der Waals surface area (Å²) in [5.74, 6) is 0.567.